The molecular formula is C20H22N2O4. The summed E-state index contributed by atoms with van der Waals surface area (Å²) in [4.78, 5) is 15.0. The molecule has 2 aliphatic carbocycles. The molecule has 136 valence electrons. The van der Waals surface area contributed by atoms with E-state index in [1.54, 1.807) is 7.11 Å². The number of rotatable bonds is 3. The van der Waals surface area contributed by atoms with Crippen molar-refractivity contribution in [1.82, 2.24) is 4.90 Å². The molecule has 2 heterocycles. The van der Waals surface area contributed by atoms with E-state index in [0.717, 1.165) is 17.7 Å². The molecule has 0 amide bonds. The molecule has 1 aromatic carbocycles. The Balaban J connectivity index is 1.73. The normalized spacial score (nSPS) is 36.9. The lowest BCUT2D eigenvalue weighted by molar-refractivity contribution is -0.188. The topological polar surface area (TPSA) is 82.8 Å². The first-order chi connectivity index (χ1) is 12.6. The number of hydrogen-bond acceptors (Lipinski definition) is 6. The van der Waals surface area contributed by atoms with E-state index >= 15 is 0 Å². The molecule has 6 nitrogen and oxygen atoms in total. The van der Waals surface area contributed by atoms with E-state index in [1.165, 1.54) is 0 Å². The molecule has 0 radical (unpaired) electrons. The fraction of sp³-hybridized carbons (Fsp3) is 0.600. The van der Waals surface area contributed by atoms with Gasteiger partial charge in [-0.25, -0.2) is 0 Å². The Kier molecular flexibility index (Phi) is 3.23. The molecule has 4 aliphatic rings. The van der Waals surface area contributed by atoms with Gasteiger partial charge in [-0.05, 0) is 37.4 Å². The van der Waals surface area contributed by atoms with Crippen LogP contribution in [-0.4, -0.2) is 53.7 Å². The summed E-state index contributed by atoms with van der Waals surface area (Å²) in [5.74, 6) is 1.35. The SMILES string of the molecule is COc1ccc2c3c1O[C@H]1C(=O)CC[C@@]4(O)C(C2)N(CCC#N)CC[C@]314. The fourth-order valence-corrected chi connectivity index (χ4v) is 6.02. The molecule has 1 saturated heterocycles. The molecule has 2 fully saturated rings. The van der Waals surface area contributed by atoms with Crippen LogP contribution in [0, 0.1) is 11.3 Å². The number of carbonyl (C=O) groups excluding carboxylic acids is 1. The Morgan fingerprint density at radius 3 is 3.08 bits per heavy atom. The van der Waals surface area contributed by atoms with Crippen molar-refractivity contribution < 1.29 is 19.4 Å². The summed E-state index contributed by atoms with van der Waals surface area (Å²) >= 11 is 0. The van der Waals surface area contributed by atoms with Crippen LogP contribution in [0.4, 0.5) is 0 Å². The molecule has 26 heavy (non-hydrogen) atoms. The first-order valence-electron chi connectivity index (χ1n) is 9.30. The first kappa shape index (κ1) is 16.1. The fourth-order valence-electron chi connectivity index (χ4n) is 6.02. The Morgan fingerprint density at radius 2 is 2.31 bits per heavy atom. The number of nitrogens with zero attached hydrogens (tertiary/aromatic N) is 2. The predicted molar refractivity (Wildman–Crippen MR) is 92.2 cm³/mol. The largest absolute Gasteiger partial charge is 0.493 e. The Bertz CT molecular complexity index is 847. The van der Waals surface area contributed by atoms with Crippen molar-refractivity contribution in [3.8, 4) is 17.6 Å². The van der Waals surface area contributed by atoms with Crippen LogP contribution in [0.5, 0.6) is 11.5 Å². The van der Waals surface area contributed by atoms with E-state index in [1.807, 2.05) is 12.1 Å². The second-order valence-corrected chi connectivity index (χ2v) is 7.90. The number of benzene rings is 1. The van der Waals surface area contributed by atoms with E-state index < -0.39 is 17.1 Å². The minimum atomic E-state index is -1.01. The second kappa shape index (κ2) is 5.21. The highest BCUT2D eigenvalue weighted by atomic mass is 16.5. The van der Waals surface area contributed by atoms with Crippen LogP contribution in [0.2, 0.25) is 0 Å². The third-order valence-corrected chi connectivity index (χ3v) is 7.08. The van der Waals surface area contributed by atoms with E-state index in [9.17, 15) is 9.90 Å². The molecule has 2 bridgehead atoms. The predicted octanol–water partition coefficient (Wildman–Crippen LogP) is 1.33. The van der Waals surface area contributed by atoms with Crippen molar-refractivity contribution in [3.05, 3.63) is 23.3 Å². The lowest BCUT2D eigenvalue weighted by atomic mass is 9.49. The third kappa shape index (κ3) is 1.66. The molecule has 4 atom stereocenters. The van der Waals surface area contributed by atoms with Gasteiger partial charge < -0.3 is 14.6 Å². The number of ketones is 1. The Hall–Kier alpha value is -2.10. The van der Waals surface area contributed by atoms with Crippen LogP contribution in [0.1, 0.15) is 36.8 Å². The number of likely N-dealkylation sites (tertiary alicyclic amines) is 1. The number of carbonyl (C=O) groups is 1. The first-order valence-corrected chi connectivity index (χ1v) is 9.30. The minimum absolute atomic E-state index is 0.0741. The van der Waals surface area contributed by atoms with Gasteiger partial charge in [-0.2, -0.15) is 5.26 Å². The molecule has 5 rings (SSSR count). The second-order valence-electron chi connectivity index (χ2n) is 7.90. The zero-order valence-electron chi connectivity index (χ0n) is 14.8. The summed E-state index contributed by atoms with van der Waals surface area (Å²) in [6.45, 7) is 1.41. The number of aliphatic hydroxyl groups is 1. The lowest BCUT2D eigenvalue weighted by Crippen LogP contribution is -2.76. The van der Waals surface area contributed by atoms with Gasteiger partial charge in [0.05, 0.1) is 24.2 Å². The highest BCUT2D eigenvalue weighted by Gasteiger charge is 2.73. The van der Waals surface area contributed by atoms with Gasteiger partial charge in [-0.15, -0.1) is 0 Å². The number of hydrogen-bond donors (Lipinski definition) is 1. The maximum Gasteiger partial charge on any atom is 0.174 e. The van der Waals surface area contributed by atoms with Crippen molar-refractivity contribution in [1.29, 1.82) is 5.26 Å². The molecule has 1 spiro atoms. The standard InChI is InChI=1S/C20H22N2O4/c1-25-14-4-3-12-11-15-20(24)6-5-13(23)18-19(20,16(12)17(14)26-18)7-10-22(15)9-2-8-21/h3-4,15,18,24H,2,5-7,9-11H2,1H3/t15?,18-,19-,20+/m0/s1. The zero-order chi connectivity index (χ0) is 18.1. The molecular weight excluding hydrogens is 332 g/mol. The van der Waals surface area contributed by atoms with Gasteiger partial charge in [0.2, 0.25) is 0 Å². The van der Waals surface area contributed by atoms with Crippen molar-refractivity contribution in [3.63, 3.8) is 0 Å². The van der Waals surface area contributed by atoms with Crippen molar-refractivity contribution in [2.75, 3.05) is 20.2 Å². The van der Waals surface area contributed by atoms with E-state index in [-0.39, 0.29) is 11.8 Å². The van der Waals surface area contributed by atoms with Crippen molar-refractivity contribution in [2.24, 2.45) is 0 Å². The van der Waals surface area contributed by atoms with Gasteiger partial charge in [0, 0.05) is 31.0 Å². The summed E-state index contributed by atoms with van der Waals surface area (Å²) in [5.41, 5.74) is 0.431. The summed E-state index contributed by atoms with van der Waals surface area (Å²) in [6.07, 6.45) is 1.97. The number of Topliss-reactive ketones (excluding diaryl/α,β-unsaturated/α-hetero) is 1. The van der Waals surface area contributed by atoms with Crippen LogP contribution in [0.3, 0.4) is 0 Å². The highest BCUT2D eigenvalue weighted by molar-refractivity contribution is 5.90. The maximum atomic E-state index is 12.8. The van der Waals surface area contributed by atoms with Crippen LogP contribution in [-0.2, 0) is 16.6 Å². The van der Waals surface area contributed by atoms with Crippen molar-refractivity contribution >= 4 is 5.78 Å². The molecule has 0 aromatic heterocycles. The van der Waals surface area contributed by atoms with Gasteiger partial charge in [-0.3, -0.25) is 9.69 Å². The van der Waals surface area contributed by atoms with E-state index in [2.05, 4.69) is 11.0 Å². The molecule has 1 unspecified atom stereocenters. The third-order valence-electron chi connectivity index (χ3n) is 7.08. The number of methoxy groups -OCH3 is 1. The lowest BCUT2D eigenvalue weighted by Gasteiger charge is -2.62. The van der Waals surface area contributed by atoms with Gasteiger partial charge in [0.1, 0.15) is 0 Å². The summed E-state index contributed by atoms with van der Waals surface area (Å²) in [6, 6.07) is 6.07. The molecule has 2 aliphatic heterocycles. The Labute approximate surface area is 152 Å². The smallest absolute Gasteiger partial charge is 0.174 e. The molecule has 1 N–H and O–H groups in total. The molecule has 1 saturated carbocycles. The summed E-state index contributed by atoms with van der Waals surface area (Å²) in [7, 11) is 1.60. The van der Waals surface area contributed by atoms with Crippen LogP contribution >= 0.6 is 0 Å². The number of ether oxygens (including phenoxy) is 2. The summed E-state index contributed by atoms with van der Waals surface area (Å²) in [5, 5.41) is 21.0. The summed E-state index contributed by atoms with van der Waals surface area (Å²) < 4.78 is 11.7. The van der Waals surface area contributed by atoms with Gasteiger partial charge in [0.25, 0.3) is 0 Å². The van der Waals surface area contributed by atoms with Crippen molar-refractivity contribution in [2.45, 2.75) is 55.3 Å². The maximum absolute atomic E-state index is 12.8. The van der Waals surface area contributed by atoms with Crippen LogP contribution in [0.25, 0.3) is 0 Å². The minimum Gasteiger partial charge on any atom is -0.493 e. The zero-order valence-corrected chi connectivity index (χ0v) is 14.8. The van der Waals surface area contributed by atoms with Crippen LogP contribution < -0.4 is 9.47 Å². The van der Waals surface area contributed by atoms with E-state index in [4.69, 9.17) is 14.7 Å². The number of nitriles is 1. The quantitative estimate of drug-likeness (QED) is 0.882. The average Bonchev–Trinajstić information content (AvgIpc) is 2.99. The van der Waals surface area contributed by atoms with Gasteiger partial charge >= 0.3 is 0 Å². The van der Waals surface area contributed by atoms with E-state index in [0.29, 0.717) is 50.1 Å². The highest BCUT2D eigenvalue weighted by Crippen LogP contribution is 2.64. The average molecular weight is 354 g/mol. The number of piperidine rings is 1. The molecule has 1 aromatic rings. The van der Waals surface area contributed by atoms with Crippen LogP contribution in [0.15, 0.2) is 12.1 Å². The van der Waals surface area contributed by atoms with Gasteiger partial charge in [0.15, 0.2) is 23.4 Å². The van der Waals surface area contributed by atoms with Gasteiger partial charge in [-0.1, -0.05) is 6.07 Å². The Morgan fingerprint density at radius 1 is 1.46 bits per heavy atom. The monoisotopic (exact) mass is 354 g/mol. The molecule has 6 heteroatoms.